The minimum atomic E-state index is -0.544. The number of fused-ring (bicyclic) bond motifs is 1. The molecule has 0 spiro atoms. The lowest BCUT2D eigenvalue weighted by Crippen LogP contribution is -2.23. The van der Waals surface area contributed by atoms with Crippen LogP contribution in [0.4, 0.5) is 11.4 Å². The molecule has 1 aliphatic rings. The number of carbonyl (C=O) groups excluding carboxylic acids is 2. The van der Waals surface area contributed by atoms with Crippen LogP contribution in [0.1, 0.15) is 18.4 Å². The van der Waals surface area contributed by atoms with E-state index in [-0.39, 0.29) is 11.7 Å². The Morgan fingerprint density at radius 3 is 2.18 bits per heavy atom. The molecule has 2 N–H and O–H groups in total. The van der Waals surface area contributed by atoms with Crippen molar-refractivity contribution in [1.82, 2.24) is 0 Å². The summed E-state index contributed by atoms with van der Waals surface area (Å²) in [5.74, 6) is -0.802. The molecular formula is C18H16N2O2. The quantitative estimate of drug-likeness (QED) is 0.835. The van der Waals surface area contributed by atoms with Gasteiger partial charge in [-0.2, -0.15) is 0 Å². The van der Waals surface area contributed by atoms with E-state index in [4.69, 9.17) is 0 Å². The van der Waals surface area contributed by atoms with Gasteiger partial charge in [-0.25, -0.2) is 0 Å². The maximum Gasteiger partial charge on any atom is 0.237 e. The standard InChI is InChI=1S/C18H16N2O2/c1-12(21)11-16-17(13-7-3-2-4-8-13)18(22)20-15-10-6-5-9-14(15)19-16/h2-11,17,19H,1H3,(H,20,22)/b16-11+. The first-order valence-corrected chi connectivity index (χ1v) is 7.09. The predicted octanol–water partition coefficient (Wildman–Crippen LogP) is 3.31. The highest BCUT2D eigenvalue weighted by Gasteiger charge is 2.29. The molecule has 1 amide bonds. The molecule has 4 nitrogen and oxygen atoms in total. The average Bonchev–Trinajstić information content (AvgIpc) is 2.63. The number of allylic oxidation sites excluding steroid dienone is 1. The van der Waals surface area contributed by atoms with Gasteiger partial charge in [0.05, 0.1) is 11.4 Å². The first-order valence-electron chi connectivity index (χ1n) is 7.09. The smallest absolute Gasteiger partial charge is 0.237 e. The summed E-state index contributed by atoms with van der Waals surface area (Å²) in [6.07, 6.45) is 1.49. The van der Waals surface area contributed by atoms with Crippen LogP contribution in [0.25, 0.3) is 0 Å². The molecule has 0 bridgehead atoms. The fourth-order valence-electron chi connectivity index (χ4n) is 2.59. The number of benzene rings is 2. The molecule has 1 atom stereocenters. The molecule has 0 saturated heterocycles. The number of carbonyl (C=O) groups is 2. The van der Waals surface area contributed by atoms with E-state index >= 15 is 0 Å². The Balaban J connectivity index is 2.12. The van der Waals surface area contributed by atoms with Crippen LogP contribution in [-0.4, -0.2) is 11.7 Å². The van der Waals surface area contributed by atoms with Crippen molar-refractivity contribution in [3.8, 4) is 0 Å². The number of para-hydroxylation sites is 2. The van der Waals surface area contributed by atoms with Gasteiger partial charge < -0.3 is 10.6 Å². The number of amides is 1. The van der Waals surface area contributed by atoms with Crippen molar-refractivity contribution >= 4 is 23.1 Å². The minimum absolute atomic E-state index is 0.101. The first-order chi connectivity index (χ1) is 10.6. The maximum absolute atomic E-state index is 12.7. The summed E-state index contributed by atoms with van der Waals surface area (Å²) in [5, 5.41) is 6.15. The van der Waals surface area contributed by atoms with Gasteiger partial charge in [0, 0.05) is 11.8 Å². The normalized spacial score (nSPS) is 18.9. The third-order valence-corrected chi connectivity index (χ3v) is 3.53. The van der Waals surface area contributed by atoms with E-state index in [1.54, 1.807) is 0 Å². The molecule has 0 aromatic heterocycles. The summed E-state index contributed by atoms with van der Waals surface area (Å²) in [6.45, 7) is 1.48. The molecule has 22 heavy (non-hydrogen) atoms. The topological polar surface area (TPSA) is 58.2 Å². The molecule has 1 unspecified atom stereocenters. The van der Waals surface area contributed by atoms with Crippen molar-refractivity contribution in [1.29, 1.82) is 0 Å². The van der Waals surface area contributed by atoms with Gasteiger partial charge in [-0.3, -0.25) is 9.59 Å². The van der Waals surface area contributed by atoms with Crippen LogP contribution in [0, 0.1) is 0 Å². The van der Waals surface area contributed by atoms with E-state index in [1.165, 1.54) is 13.0 Å². The SMILES string of the molecule is CC(=O)/C=C1/Nc2ccccc2NC(=O)C1c1ccccc1. The van der Waals surface area contributed by atoms with Crippen LogP contribution < -0.4 is 10.6 Å². The van der Waals surface area contributed by atoms with Gasteiger partial charge in [-0.1, -0.05) is 42.5 Å². The van der Waals surface area contributed by atoms with Crippen molar-refractivity contribution < 1.29 is 9.59 Å². The first kappa shape index (κ1) is 14.1. The maximum atomic E-state index is 12.7. The van der Waals surface area contributed by atoms with E-state index in [2.05, 4.69) is 10.6 Å². The Bertz CT molecular complexity index is 751. The van der Waals surface area contributed by atoms with Crippen LogP contribution in [0.2, 0.25) is 0 Å². The van der Waals surface area contributed by atoms with E-state index in [0.29, 0.717) is 11.4 Å². The van der Waals surface area contributed by atoms with E-state index in [0.717, 1.165) is 11.3 Å². The van der Waals surface area contributed by atoms with Crippen molar-refractivity contribution in [3.63, 3.8) is 0 Å². The monoisotopic (exact) mass is 292 g/mol. The van der Waals surface area contributed by atoms with Gasteiger partial charge >= 0.3 is 0 Å². The summed E-state index contributed by atoms with van der Waals surface area (Å²) in [5.41, 5.74) is 2.91. The average molecular weight is 292 g/mol. The largest absolute Gasteiger partial charge is 0.356 e. The second-order valence-corrected chi connectivity index (χ2v) is 5.21. The van der Waals surface area contributed by atoms with Crippen molar-refractivity contribution in [2.45, 2.75) is 12.8 Å². The Morgan fingerprint density at radius 1 is 0.955 bits per heavy atom. The lowest BCUT2D eigenvalue weighted by molar-refractivity contribution is -0.116. The number of hydrogen-bond acceptors (Lipinski definition) is 3. The predicted molar refractivity (Wildman–Crippen MR) is 86.6 cm³/mol. The van der Waals surface area contributed by atoms with Crippen LogP contribution in [0.15, 0.2) is 66.4 Å². The highest BCUT2D eigenvalue weighted by molar-refractivity contribution is 6.04. The fraction of sp³-hybridized carbons (Fsp3) is 0.111. The van der Waals surface area contributed by atoms with Gasteiger partial charge in [-0.15, -0.1) is 0 Å². The lowest BCUT2D eigenvalue weighted by Gasteiger charge is -2.17. The number of rotatable bonds is 2. The van der Waals surface area contributed by atoms with E-state index in [1.807, 2.05) is 54.6 Å². The Labute approximate surface area is 128 Å². The number of hydrogen-bond donors (Lipinski definition) is 2. The lowest BCUT2D eigenvalue weighted by atomic mass is 9.94. The second kappa shape index (κ2) is 5.85. The molecule has 1 heterocycles. The van der Waals surface area contributed by atoms with Crippen LogP contribution in [0.5, 0.6) is 0 Å². The molecule has 3 rings (SSSR count). The third-order valence-electron chi connectivity index (χ3n) is 3.53. The van der Waals surface area contributed by atoms with Crippen molar-refractivity contribution in [2.24, 2.45) is 0 Å². The van der Waals surface area contributed by atoms with Gasteiger partial charge in [0.1, 0.15) is 5.92 Å². The highest BCUT2D eigenvalue weighted by Crippen LogP contribution is 2.34. The molecule has 1 aliphatic heterocycles. The second-order valence-electron chi connectivity index (χ2n) is 5.21. The molecule has 0 fully saturated rings. The van der Waals surface area contributed by atoms with Gasteiger partial charge in [0.25, 0.3) is 0 Å². The van der Waals surface area contributed by atoms with Crippen LogP contribution in [-0.2, 0) is 9.59 Å². The Morgan fingerprint density at radius 2 is 1.55 bits per heavy atom. The zero-order chi connectivity index (χ0) is 15.5. The molecule has 4 heteroatoms. The van der Waals surface area contributed by atoms with Gasteiger partial charge in [0.2, 0.25) is 5.91 Å². The van der Waals surface area contributed by atoms with Gasteiger partial charge in [-0.05, 0) is 24.6 Å². The summed E-state index contributed by atoms with van der Waals surface area (Å²) >= 11 is 0. The number of nitrogens with one attached hydrogen (secondary N) is 2. The van der Waals surface area contributed by atoms with Gasteiger partial charge in [0.15, 0.2) is 5.78 Å². The summed E-state index contributed by atoms with van der Waals surface area (Å²) in [6, 6.07) is 16.9. The highest BCUT2D eigenvalue weighted by atomic mass is 16.2. The Kier molecular flexibility index (Phi) is 3.74. The zero-order valence-corrected chi connectivity index (χ0v) is 12.2. The number of anilines is 2. The molecular weight excluding hydrogens is 276 g/mol. The summed E-state index contributed by atoms with van der Waals surface area (Å²) in [7, 11) is 0. The summed E-state index contributed by atoms with van der Waals surface area (Å²) < 4.78 is 0. The number of ketones is 1. The molecule has 110 valence electrons. The third kappa shape index (κ3) is 2.76. The van der Waals surface area contributed by atoms with E-state index < -0.39 is 5.92 Å². The molecule has 2 aromatic carbocycles. The summed E-state index contributed by atoms with van der Waals surface area (Å²) in [4.78, 5) is 24.2. The minimum Gasteiger partial charge on any atom is -0.356 e. The molecule has 0 aliphatic carbocycles. The van der Waals surface area contributed by atoms with Crippen molar-refractivity contribution in [2.75, 3.05) is 10.6 Å². The fourth-order valence-corrected chi connectivity index (χ4v) is 2.59. The van der Waals surface area contributed by atoms with Crippen molar-refractivity contribution in [3.05, 3.63) is 71.9 Å². The Hall–Kier alpha value is -2.88. The molecule has 2 aromatic rings. The van der Waals surface area contributed by atoms with E-state index in [9.17, 15) is 9.59 Å². The zero-order valence-electron chi connectivity index (χ0n) is 12.2. The molecule has 0 saturated carbocycles. The molecule has 0 radical (unpaired) electrons. The van der Waals surface area contributed by atoms with Crippen LogP contribution >= 0.6 is 0 Å². The van der Waals surface area contributed by atoms with Crippen LogP contribution in [0.3, 0.4) is 0 Å².